The van der Waals surface area contributed by atoms with Gasteiger partial charge in [-0.05, 0) is 124 Å². The molecule has 3 N–H and O–H groups in total. The number of hydrogen-bond donors (Lipinski definition) is 2. The maximum atomic E-state index is 14.7. The minimum Gasteiger partial charge on any atom is -0.497 e. The van der Waals surface area contributed by atoms with E-state index >= 15 is 0 Å². The zero-order chi connectivity index (χ0) is 74.4. The minimum absolute atomic E-state index is 0.0697. The lowest BCUT2D eigenvalue weighted by Crippen LogP contribution is -2.40. The van der Waals surface area contributed by atoms with E-state index in [0.29, 0.717) is 101 Å². The van der Waals surface area contributed by atoms with Gasteiger partial charge in [-0.15, -0.1) is 0 Å². The molecule has 3 fully saturated rings. The molecular weight excluding hydrogens is 1390 g/mol. The molecule has 3 aliphatic heterocycles. The molecule has 30 heteroatoms. The van der Waals surface area contributed by atoms with E-state index in [9.17, 15) is 55.1 Å². The van der Waals surface area contributed by atoms with Crippen molar-refractivity contribution in [2.45, 2.75) is 90.1 Å². The Hall–Kier alpha value is -10.8. The van der Waals surface area contributed by atoms with E-state index in [2.05, 4.69) is 40.0 Å². The lowest BCUT2D eigenvalue weighted by molar-refractivity contribution is -0.150. The first-order valence-corrected chi connectivity index (χ1v) is 33.3. The molecule has 0 saturated heterocycles. The van der Waals surface area contributed by atoms with Gasteiger partial charge in [-0.1, -0.05) is 29.8 Å². The normalized spacial score (nSPS) is 18.5. The smallest absolute Gasteiger partial charge is 0.308 e. The van der Waals surface area contributed by atoms with Crippen molar-refractivity contribution < 1.29 is 88.3 Å². The van der Waals surface area contributed by atoms with Gasteiger partial charge in [0.15, 0.2) is 17.5 Å². The van der Waals surface area contributed by atoms with Crippen LogP contribution in [-0.2, 0) is 74.2 Å². The second-order valence-electron chi connectivity index (χ2n) is 25.4. The van der Waals surface area contributed by atoms with E-state index in [4.69, 9.17) is 45.8 Å². The molecule has 3 amide bonds. The molecule has 0 spiro atoms. The van der Waals surface area contributed by atoms with Gasteiger partial charge in [-0.3, -0.25) is 28.8 Å². The van der Waals surface area contributed by atoms with E-state index in [-0.39, 0.29) is 149 Å². The topological polar surface area (TPSA) is 289 Å². The maximum absolute atomic E-state index is 14.7. The Morgan fingerprint density at radius 1 is 0.471 bits per heavy atom. The van der Waals surface area contributed by atoms with Crippen molar-refractivity contribution in [3.8, 4) is 57.2 Å². The number of hydrogen-bond acceptors (Lipinski definition) is 20. The van der Waals surface area contributed by atoms with Gasteiger partial charge in [0, 0.05) is 29.3 Å². The number of fused-ring (bicyclic) bond motifs is 3. The van der Waals surface area contributed by atoms with Gasteiger partial charge in [0.05, 0.1) is 157 Å². The van der Waals surface area contributed by atoms with Gasteiger partial charge in [0.2, 0.25) is 0 Å². The predicted octanol–water partition coefficient (Wildman–Crippen LogP) is 10.9. The highest BCUT2D eigenvalue weighted by Crippen LogP contribution is 2.42. The Balaban J connectivity index is 0.000000149. The van der Waals surface area contributed by atoms with E-state index in [1.807, 2.05) is 6.07 Å². The first-order chi connectivity index (χ1) is 50.0. The average Bonchev–Trinajstić information content (AvgIpc) is 1.58. The molecule has 104 heavy (non-hydrogen) atoms. The number of nitrogens with one attached hydrogen (secondary N) is 1. The van der Waals surface area contributed by atoms with Gasteiger partial charge in [-0.25, -0.2) is 56.2 Å². The monoisotopic (exact) mass is 1460 g/mol. The number of carbonyl (C=O) groups excluding carboxylic acids is 6. The summed E-state index contributed by atoms with van der Waals surface area (Å²) in [5.41, 5.74) is 8.85. The molecule has 0 atom stereocenters. The fourth-order valence-electron chi connectivity index (χ4n) is 13.2. The van der Waals surface area contributed by atoms with Gasteiger partial charge in [0.25, 0.3) is 17.7 Å². The molecule has 0 bridgehead atoms. The van der Waals surface area contributed by atoms with Gasteiger partial charge in [0.1, 0.15) is 68.6 Å². The second kappa shape index (κ2) is 32.2. The molecule has 23 nitrogen and oxygen atoms in total. The maximum Gasteiger partial charge on any atom is 0.308 e. The quantitative estimate of drug-likeness (QED) is 0.0349. The van der Waals surface area contributed by atoms with Crippen LogP contribution in [0.1, 0.15) is 109 Å². The summed E-state index contributed by atoms with van der Waals surface area (Å²) in [7, 11) is 10.3. The zero-order valence-corrected chi connectivity index (χ0v) is 58.2. The highest BCUT2D eigenvalue weighted by Gasteiger charge is 2.42. The van der Waals surface area contributed by atoms with E-state index in [1.54, 1.807) is 49.5 Å². The molecule has 14 rings (SSSR count). The lowest BCUT2D eigenvalue weighted by atomic mass is 9.72. The number of nitrogens with two attached hydrogens (primary N) is 1. The summed E-state index contributed by atoms with van der Waals surface area (Å²) in [5, 5.41) is 2.53. The fraction of sp³-hybridized carbons (Fsp3) is 0.351. The highest BCUT2D eigenvalue weighted by atomic mass is 35.5. The SMILES string of the molecule is COC(=O)C1CC(Cc2nc(-c3c(F)cccc3F)nc3c2C(=O)N(Cc2ccc(OC)cc2OC)C3)C1.COC(=O)C1CC(Cc2nc(-c3c(F)cccc3F)nc3c2C(=O)NC3)C1.COC(=O)C1CC(N)C1.COc1ccc(CN2Cc3nc(-c4c(F)cccc4F)nc(Cl)c3C2=O)c(OC)c1. The van der Waals surface area contributed by atoms with Gasteiger partial charge < -0.3 is 54.0 Å². The second-order valence-corrected chi connectivity index (χ2v) is 25.8. The number of nitrogens with zero attached hydrogens (tertiary/aromatic N) is 8. The molecule has 6 heterocycles. The third-order valence-corrected chi connectivity index (χ3v) is 19.1. The molecule has 8 aromatic rings. The Labute approximate surface area is 597 Å². The molecule has 3 aliphatic carbocycles. The summed E-state index contributed by atoms with van der Waals surface area (Å²) in [4.78, 5) is 101. The van der Waals surface area contributed by atoms with Crippen LogP contribution in [0.2, 0.25) is 5.15 Å². The first kappa shape index (κ1) is 74.4. The van der Waals surface area contributed by atoms with Crippen molar-refractivity contribution in [3.05, 3.63) is 187 Å². The third kappa shape index (κ3) is 15.9. The Morgan fingerprint density at radius 3 is 1.22 bits per heavy atom. The first-order valence-electron chi connectivity index (χ1n) is 32.9. The van der Waals surface area contributed by atoms with E-state index in [0.717, 1.165) is 60.4 Å². The molecule has 3 aromatic heterocycles. The number of amides is 3. The van der Waals surface area contributed by atoms with Crippen LogP contribution in [0.25, 0.3) is 34.2 Å². The number of halogens is 7. The van der Waals surface area contributed by atoms with Crippen LogP contribution in [0.15, 0.2) is 91.0 Å². The number of aromatic nitrogens is 6. The van der Waals surface area contributed by atoms with Crippen molar-refractivity contribution in [2.75, 3.05) is 49.8 Å². The van der Waals surface area contributed by atoms with Crippen LogP contribution < -0.4 is 30.0 Å². The number of benzene rings is 5. The Kier molecular flexibility index (Phi) is 23.1. The van der Waals surface area contributed by atoms with Crippen LogP contribution >= 0.6 is 11.6 Å². The number of rotatable bonds is 18. The zero-order valence-electron chi connectivity index (χ0n) is 57.4. The van der Waals surface area contributed by atoms with Crippen LogP contribution in [0.5, 0.6) is 23.0 Å². The number of carbonyl (C=O) groups is 6. The van der Waals surface area contributed by atoms with Gasteiger partial charge >= 0.3 is 17.9 Å². The number of esters is 3. The number of methoxy groups -OCH3 is 7. The highest BCUT2D eigenvalue weighted by molar-refractivity contribution is 6.33. The van der Waals surface area contributed by atoms with Crippen LogP contribution in [0.4, 0.5) is 26.3 Å². The van der Waals surface area contributed by atoms with Crippen LogP contribution in [0, 0.1) is 64.5 Å². The summed E-state index contributed by atoms with van der Waals surface area (Å²) in [5.74, 6) is -4.27. The fourth-order valence-corrected chi connectivity index (χ4v) is 13.5. The summed E-state index contributed by atoms with van der Waals surface area (Å²) < 4.78 is 121. The molecule has 0 unspecified atom stereocenters. The van der Waals surface area contributed by atoms with Crippen molar-refractivity contribution in [2.24, 2.45) is 35.3 Å². The standard InChI is InChI=1S/C28H27F2N3O5.C21H16ClF2N3O3.C19H17F2N3O3.C6H11NO2/c1-36-18-8-7-16(23(12-18)37-2)13-33-14-22-25(27(33)34)21(11-15-9-17(10-15)28(35)38-3)31-26(32-22)24-19(29)5-4-6-20(24)30;1-29-12-7-6-11(16(8-12)30-2)9-27-10-15-18(21(27)28)19(22)26-20(25-15)17-13(23)4-3-5-14(17)24;1-27-19(26)10-5-9(6-10)7-13-16-14(8-22-18(16)25)24-17(23-13)15-11(20)3-2-4-12(15)21;1-9-6(8)4-2-5(7)3-4/h4-8,12,15,17H,9-11,13-14H2,1-3H3;3-8H,9-10H2,1-2H3;2-4,9-10H,5-8H2,1H3,(H,22,25);4-5H,2-3,7H2,1H3. The minimum atomic E-state index is -0.810. The summed E-state index contributed by atoms with van der Waals surface area (Å²) >= 11 is 6.21. The summed E-state index contributed by atoms with van der Waals surface area (Å²) in [6.07, 6.45) is 4.87. The molecule has 0 radical (unpaired) electrons. The molecule has 3 saturated carbocycles. The molecular formula is C74H71ClF6N10O13. The van der Waals surface area contributed by atoms with Crippen molar-refractivity contribution in [1.29, 1.82) is 0 Å². The van der Waals surface area contributed by atoms with Crippen LogP contribution in [0.3, 0.4) is 0 Å². The van der Waals surface area contributed by atoms with Crippen molar-refractivity contribution in [3.63, 3.8) is 0 Å². The number of ether oxygens (including phenoxy) is 7. The predicted molar refractivity (Wildman–Crippen MR) is 361 cm³/mol. The van der Waals surface area contributed by atoms with Crippen molar-refractivity contribution >= 4 is 47.2 Å². The van der Waals surface area contributed by atoms with E-state index < -0.39 is 34.9 Å². The van der Waals surface area contributed by atoms with Gasteiger partial charge in [-0.2, -0.15) is 0 Å². The molecule has 6 aliphatic rings. The molecule has 5 aromatic carbocycles. The summed E-state index contributed by atoms with van der Waals surface area (Å²) in [6, 6.07) is 21.4. The largest absolute Gasteiger partial charge is 0.497 e. The third-order valence-electron chi connectivity index (χ3n) is 18.9. The Bertz CT molecular complexity index is 4600. The van der Waals surface area contributed by atoms with E-state index in [1.165, 1.54) is 58.6 Å². The van der Waals surface area contributed by atoms with Crippen LogP contribution in [-0.4, -0.2) is 131 Å². The Morgan fingerprint density at radius 2 is 0.837 bits per heavy atom. The summed E-state index contributed by atoms with van der Waals surface area (Å²) in [6.45, 7) is 0.926. The molecule has 544 valence electrons. The lowest BCUT2D eigenvalue weighted by Gasteiger charge is -2.33. The van der Waals surface area contributed by atoms with Crippen molar-refractivity contribution in [1.82, 2.24) is 45.0 Å². The average molecular weight is 1460 g/mol.